The Hall–Kier alpha value is -1.80. The molecule has 1 aromatic carbocycles. The molecule has 22 heavy (non-hydrogen) atoms. The molecule has 2 heteroatoms. The Labute approximate surface area is 133 Å². The van der Waals surface area contributed by atoms with Crippen molar-refractivity contribution in [2.45, 2.75) is 38.7 Å². The van der Waals surface area contributed by atoms with Crippen molar-refractivity contribution in [2.75, 3.05) is 0 Å². The van der Waals surface area contributed by atoms with Gasteiger partial charge in [-0.05, 0) is 29.7 Å². The quantitative estimate of drug-likeness (QED) is 0.644. The third kappa shape index (κ3) is 1.90. The Morgan fingerprint density at radius 1 is 1.09 bits per heavy atom. The van der Waals surface area contributed by atoms with Gasteiger partial charge in [0.25, 0.3) is 0 Å². The number of rotatable bonds is 2. The van der Waals surface area contributed by atoms with Gasteiger partial charge in [0.05, 0.1) is 8.07 Å². The minimum absolute atomic E-state index is 0.452. The summed E-state index contributed by atoms with van der Waals surface area (Å²) < 4.78 is 2.61. The van der Waals surface area contributed by atoms with Crippen molar-refractivity contribution in [2.24, 2.45) is 0 Å². The second kappa shape index (κ2) is 4.59. The van der Waals surface area contributed by atoms with Crippen LogP contribution in [0.25, 0.3) is 16.5 Å². The standard InChI is InChI=1S/C20H23NSi/c1-14-15-9-5-6-10-16(15)19-17-11-7-8-12-18(17)21(20(14)19)13-22(2,3)4/h5-12,16H,13H2,1-4H3. The van der Waals surface area contributed by atoms with Gasteiger partial charge < -0.3 is 4.57 Å². The second-order valence-corrected chi connectivity index (χ2v) is 13.2. The van der Waals surface area contributed by atoms with Crippen molar-refractivity contribution in [1.82, 2.24) is 4.57 Å². The summed E-state index contributed by atoms with van der Waals surface area (Å²) in [7, 11) is -1.20. The fourth-order valence-electron chi connectivity index (χ4n) is 3.98. The molecule has 2 aliphatic carbocycles. The molecular formula is C20H23NSi. The molecular weight excluding hydrogens is 282 g/mol. The number of allylic oxidation sites excluding steroid dienone is 6. The highest BCUT2D eigenvalue weighted by atomic mass is 28.3. The van der Waals surface area contributed by atoms with Crippen LogP contribution in [-0.2, 0) is 6.17 Å². The molecule has 112 valence electrons. The SMILES string of the molecule is CC1=C2C=CC=CC2c2c1n(C[Si](C)(C)C)c1ccccc21. The molecule has 1 unspecified atom stereocenters. The van der Waals surface area contributed by atoms with Crippen LogP contribution in [0.15, 0.2) is 54.1 Å². The lowest BCUT2D eigenvalue weighted by Crippen LogP contribution is -2.28. The number of nitrogens with zero attached hydrogens (tertiary/aromatic N) is 1. The normalized spacial score (nSPS) is 19.9. The van der Waals surface area contributed by atoms with E-state index in [9.17, 15) is 0 Å². The zero-order valence-electron chi connectivity index (χ0n) is 13.9. The van der Waals surface area contributed by atoms with Gasteiger partial charge in [0.2, 0.25) is 0 Å². The van der Waals surface area contributed by atoms with Crippen molar-refractivity contribution in [3.05, 3.63) is 65.4 Å². The molecule has 0 N–H and O–H groups in total. The zero-order valence-corrected chi connectivity index (χ0v) is 14.9. The third-order valence-corrected chi connectivity index (χ3v) is 6.03. The molecule has 0 saturated heterocycles. The molecule has 0 saturated carbocycles. The summed E-state index contributed by atoms with van der Waals surface area (Å²) in [4.78, 5) is 0. The predicted molar refractivity (Wildman–Crippen MR) is 98.9 cm³/mol. The molecule has 4 rings (SSSR count). The number of hydrogen-bond donors (Lipinski definition) is 0. The zero-order chi connectivity index (χ0) is 15.5. The number of fused-ring (bicyclic) bond motifs is 5. The smallest absolute Gasteiger partial charge is 0.0671 e. The van der Waals surface area contributed by atoms with Crippen LogP contribution in [-0.4, -0.2) is 12.6 Å². The molecule has 2 aliphatic rings. The maximum absolute atomic E-state index is 2.61. The molecule has 0 fully saturated rings. The highest BCUT2D eigenvalue weighted by molar-refractivity contribution is 6.75. The molecule has 1 atom stereocenters. The van der Waals surface area contributed by atoms with Gasteiger partial charge in [0.1, 0.15) is 0 Å². The van der Waals surface area contributed by atoms with Crippen LogP contribution in [0, 0.1) is 0 Å². The Balaban J connectivity index is 2.06. The van der Waals surface area contributed by atoms with Crippen molar-refractivity contribution in [3.63, 3.8) is 0 Å². The summed E-state index contributed by atoms with van der Waals surface area (Å²) in [6.07, 6.45) is 10.2. The van der Waals surface area contributed by atoms with E-state index in [4.69, 9.17) is 0 Å². The summed E-state index contributed by atoms with van der Waals surface area (Å²) >= 11 is 0. The van der Waals surface area contributed by atoms with Crippen LogP contribution in [0.3, 0.4) is 0 Å². The highest BCUT2D eigenvalue weighted by Gasteiger charge is 2.34. The number of benzene rings is 1. The van der Waals surface area contributed by atoms with E-state index in [0.717, 1.165) is 0 Å². The van der Waals surface area contributed by atoms with Crippen LogP contribution in [0.4, 0.5) is 0 Å². The first-order valence-electron chi connectivity index (χ1n) is 8.14. The van der Waals surface area contributed by atoms with Crippen molar-refractivity contribution in [3.8, 4) is 0 Å². The summed E-state index contributed by atoms with van der Waals surface area (Å²) in [6.45, 7) is 9.67. The van der Waals surface area contributed by atoms with E-state index < -0.39 is 8.07 Å². The number of hydrogen-bond acceptors (Lipinski definition) is 0. The molecule has 0 spiro atoms. The molecule has 0 radical (unpaired) electrons. The summed E-state index contributed by atoms with van der Waals surface area (Å²) in [6, 6.07) is 8.95. The summed E-state index contributed by atoms with van der Waals surface area (Å²) in [5.41, 5.74) is 7.38. The highest BCUT2D eigenvalue weighted by Crippen LogP contribution is 2.49. The molecule has 0 bridgehead atoms. The van der Waals surface area contributed by atoms with E-state index in [1.165, 1.54) is 39.5 Å². The molecule has 2 aromatic rings. The van der Waals surface area contributed by atoms with E-state index in [-0.39, 0.29) is 0 Å². The van der Waals surface area contributed by atoms with Crippen LogP contribution in [0.5, 0.6) is 0 Å². The molecule has 1 aromatic heterocycles. The lowest BCUT2D eigenvalue weighted by Gasteiger charge is -2.20. The average molecular weight is 305 g/mol. The van der Waals surface area contributed by atoms with Gasteiger partial charge in [-0.1, -0.05) is 62.1 Å². The number of aromatic nitrogens is 1. The number of para-hydroxylation sites is 1. The van der Waals surface area contributed by atoms with Gasteiger partial charge in [-0.25, -0.2) is 0 Å². The van der Waals surface area contributed by atoms with E-state index in [1.807, 2.05) is 0 Å². The van der Waals surface area contributed by atoms with Gasteiger partial charge >= 0.3 is 0 Å². The minimum atomic E-state index is -1.20. The first-order chi connectivity index (χ1) is 10.5. The van der Waals surface area contributed by atoms with E-state index >= 15 is 0 Å². The second-order valence-electron chi connectivity index (χ2n) is 7.73. The lowest BCUT2D eigenvalue weighted by atomic mass is 9.91. The Bertz CT molecular complexity index is 856. The van der Waals surface area contributed by atoms with Gasteiger partial charge in [0.15, 0.2) is 0 Å². The van der Waals surface area contributed by atoms with Gasteiger partial charge in [-0.15, -0.1) is 0 Å². The van der Waals surface area contributed by atoms with E-state index in [0.29, 0.717) is 5.92 Å². The minimum Gasteiger partial charge on any atom is -0.344 e. The molecule has 0 amide bonds. The van der Waals surface area contributed by atoms with Gasteiger partial charge in [-0.3, -0.25) is 0 Å². The largest absolute Gasteiger partial charge is 0.344 e. The van der Waals surface area contributed by atoms with E-state index in [1.54, 1.807) is 0 Å². The first kappa shape index (κ1) is 13.8. The lowest BCUT2D eigenvalue weighted by molar-refractivity contribution is 0.876. The fourth-order valence-corrected chi connectivity index (χ4v) is 5.25. The average Bonchev–Trinajstić information content (AvgIpc) is 2.94. The van der Waals surface area contributed by atoms with E-state index in [2.05, 4.69) is 79.7 Å². The van der Waals surface area contributed by atoms with Crippen molar-refractivity contribution >= 4 is 24.5 Å². The van der Waals surface area contributed by atoms with Crippen molar-refractivity contribution < 1.29 is 0 Å². The molecule has 1 nitrogen and oxygen atoms in total. The summed E-state index contributed by atoms with van der Waals surface area (Å²) in [5.74, 6) is 0.452. The van der Waals surface area contributed by atoms with Crippen molar-refractivity contribution in [1.29, 1.82) is 0 Å². The van der Waals surface area contributed by atoms with Crippen LogP contribution in [0.2, 0.25) is 19.6 Å². The van der Waals surface area contributed by atoms with Crippen LogP contribution in [0.1, 0.15) is 24.1 Å². The monoisotopic (exact) mass is 305 g/mol. The molecule has 1 heterocycles. The van der Waals surface area contributed by atoms with Gasteiger partial charge in [-0.2, -0.15) is 0 Å². The van der Waals surface area contributed by atoms with Crippen LogP contribution < -0.4 is 0 Å². The Kier molecular flexibility index (Phi) is 2.89. The molecule has 0 aliphatic heterocycles. The van der Waals surface area contributed by atoms with Crippen LogP contribution >= 0.6 is 0 Å². The predicted octanol–water partition coefficient (Wildman–Crippen LogP) is 5.52. The fraction of sp³-hybridized carbons (Fsp3) is 0.300. The summed E-state index contributed by atoms with van der Waals surface area (Å²) in [5, 5.41) is 1.44. The maximum atomic E-state index is 2.61. The topological polar surface area (TPSA) is 4.93 Å². The Morgan fingerprint density at radius 3 is 2.64 bits per heavy atom. The van der Waals surface area contributed by atoms with Gasteiger partial charge in [0, 0.05) is 28.7 Å². The first-order valence-corrected chi connectivity index (χ1v) is 11.9. The third-order valence-electron chi connectivity index (χ3n) is 4.77. The maximum Gasteiger partial charge on any atom is 0.0671 e. The Morgan fingerprint density at radius 2 is 1.86 bits per heavy atom.